The number of hydrogen-bond acceptors (Lipinski definition) is 2. The van der Waals surface area contributed by atoms with E-state index in [1.807, 2.05) is 0 Å². The van der Waals surface area contributed by atoms with Crippen LogP contribution in [0.15, 0.2) is 28.7 Å². The topological polar surface area (TPSA) is 29.3 Å². The molecule has 1 aromatic carbocycles. The first-order chi connectivity index (χ1) is 9.44. The highest BCUT2D eigenvalue weighted by atomic mass is 79.9. The maximum atomic E-state index is 6.17. The Bertz CT molecular complexity index is 425. The number of benzene rings is 1. The second kappa shape index (κ2) is 6.59. The summed E-state index contributed by atoms with van der Waals surface area (Å²) in [6.45, 7) is 8.79. The molecule has 1 saturated carbocycles. The Morgan fingerprint density at radius 2 is 1.90 bits per heavy atom. The molecule has 0 bridgehead atoms. The van der Waals surface area contributed by atoms with Gasteiger partial charge in [-0.1, -0.05) is 28.1 Å². The second-order valence-corrected chi connectivity index (χ2v) is 7.61. The smallest absolute Gasteiger partial charge is 0.0346 e. The predicted octanol–water partition coefficient (Wildman–Crippen LogP) is 3.83. The van der Waals surface area contributed by atoms with Crippen LogP contribution in [0.1, 0.15) is 39.2 Å². The minimum Gasteiger partial charge on any atom is -0.329 e. The molecule has 0 radical (unpaired) electrons. The molecule has 1 aliphatic rings. The summed E-state index contributed by atoms with van der Waals surface area (Å²) in [6.07, 6.45) is 3.80. The SMILES string of the molecule is CC(C)N(CC1CC1)C(C)(CN)Cc1ccc(Br)cc1. The van der Waals surface area contributed by atoms with Crippen LogP contribution >= 0.6 is 15.9 Å². The first kappa shape index (κ1) is 16.0. The zero-order valence-corrected chi connectivity index (χ0v) is 14.5. The highest BCUT2D eigenvalue weighted by Crippen LogP contribution is 2.34. The molecule has 0 aliphatic heterocycles. The molecule has 0 amide bonds. The van der Waals surface area contributed by atoms with Gasteiger partial charge in [-0.2, -0.15) is 0 Å². The van der Waals surface area contributed by atoms with E-state index in [4.69, 9.17) is 5.73 Å². The quantitative estimate of drug-likeness (QED) is 0.818. The van der Waals surface area contributed by atoms with Gasteiger partial charge in [0.1, 0.15) is 0 Å². The molecule has 0 heterocycles. The van der Waals surface area contributed by atoms with Crippen LogP contribution < -0.4 is 5.73 Å². The minimum atomic E-state index is 0.0462. The Hall–Kier alpha value is -0.380. The molecule has 1 aromatic rings. The summed E-state index contributed by atoms with van der Waals surface area (Å²) in [5, 5.41) is 0. The van der Waals surface area contributed by atoms with Crippen molar-refractivity contribution in [1.29, 1.82) is 0 Å². The monoisotopic (exact) mass is 338 g/mol. The molecule has 1 fully saturated rings. The zero-order chi connectivity index (χ0) is 14.8. The van der Waals surface area contributed by atoms with Gasteiger partial charge < -0.3 is 5.73 Å². The van der Waals surface area contributed by atoms with Crippen molar-refractivity contribution in [2.45, 2.75) is 51.6 Å². The fourth-order valence-electron chi connectivity index (χ4n) is 2.97. The van der Waals surface area contributed by atoms with Gasteiger partial charge in [-0.15, -0.1) is 0 Å². The number of rotatable bonds is 7. The number of nitrogens with zero attached hydrogens (tertiary/aromatic N) is 1. The molecule has 0 spiro atoms. The fraction of sp³-hybridized carbons (Fsp3) is 0.647. The first-order valence-corrected chi connectivity index (χ1v) is 8.45. The number of halogens is 1. The molecule has 2 N–H and O–H groups in total. The molecule has 112 valence electrons. The largest absolute Gasteiger partial charge is 0.329 e. The molecular weight excluding hydrogens is 312 g/mol. The van der Waals surface area contributed by atoms with Crippen LogP contribution in [0, 0.1) is 5.92 Å². The van der Waals surface area contributed by atoms with Gasteiger partial charge in [-0.05, 0) is 63.6 Å². The maximum Gasteiger partial charge on any atom is 0.0346 e. The lowest BCUT2D eigenvalue weighted by molar-refractivity contribution is 0.0703. The fourth-order valence-corrected chi connectivity index (χ4v) is 3.23. The molecule has 3 heteroatoms. The highest BCUT2D eigenvalue weighted by Gasteiger charge is 2.36. The summed E-state index contributed by atoms with van der Waals surface area (Å²) in [7, 11) is 0. The van der Waals surface area contributed by atoms with E-state index in [1.54, 1.807) is 0 Å². The molecule has 20 heavy (non-hydrogen) atoms. The lowest BCUT2D eigenvalue weighted by atomic mass is 9.89. The summed E-state index contributed by atoms with van der Waals surface area (Å²) in [4.78, 5) is 2.62. The van der Waals surface area contributed by atoms with Crippen molar-refractivity contribution in [3.63, 3.8) is 0 Å². The second-order valence-electron chi connectivity index (χ2n) is 6.69. The van der Waals surface area contributed by atoms with Gasteiger partial charge in [-0.25, -0.2) is 0 Å². The summed E-state index contributed by atoms with van der Waals surface area (Å²) < 4.78 is 1.13. The number of nitrogens with two attached hydrogens (primary N) is 1. The van der Waals surface area contributed by atoms with E-state index < -0.39 is 0 Å². The molecule has 2 nitrogen and oxygen atoms in total. The van der Waals surface area contributed by atoms with Gasteiger partial charge in [0.05, 0.1) is 0 Å². The van der Waals surface area contributed by atoms with Gasteiger partial charge in [0.15, 0.2) is 0 Å². The van der Waals surface area contributed by atoms with Crippen LogP contribution in [-0.4, -0.2) is 29.6 Å². The normalized spacial score (nSPS) is 18.6. The van der Waals surface area contributed by atoms with Gasteiger partial charge in [0.25, 0.3) is 0 Å². The Labute approximate surface area is 131 Å². The standard InChI is InChI=1S/C17H27BrN2/c1-13(2)20(11-15-4-5-15)17(3,12-19)10-14-6-8-16(18)9-7-14/h6-9,13,15H,4-5,10-12,19H2,1-3H3. The molecule has 1 unspecified atom stereocenters. The molecule has 2 rings (SSSR count). The lowest BCUT2D eigenvalue weighted by Crippen LogP contribution is -2.56. The van der Waals surface area contributed by atoms with Crippen molar-refractivity contribution < 1.29 is 0 Å². The van der Waals surface area contributed by atoms with Crippen molar-refractivity contribution in [3.05, 3.63) is 34.3 Å². The van der Waals surface area contributed by atoms with Crippen molar-refractivity contribution in [2.24, 2.45) is 11.7 Å². The third kappa shape index (κ3) is 4.06. The van der Waals surface area contributed by atoms with Gasteiger partial charge in [-0.3, -0.25) is 4.90 Å². The zero-order valence-electron chi connectivity index (χ0n) is 12.9. The van der Waals surface area contributed by atoms with Crippen molar-refractivity contribution in [3.8, 4) is 0 Å². The molecule has 0 saturated heterocycles. The van der Waals surface area contributed by atoms with Crippen molar-refractivity contribution in [1.82, 2.24) is 4.90 Å². The lowest BCUT2D eigenvalue weighted by Gasteiger charge is -2.44. The Kier molecular flexibility index (Phi) is 5.27. The summed E-state index contributed by atoms with van der Waals surface area (Å²) in [5.74, 6) is 0.896. The van der Waals surface area contributed by atoms with Crippen LogP contribution in [-0.2, 0) is 6.42 Å². The van der Waals surface area contributed by atoms with Gasteiger partial charge in [0, 0.05) is 29.1 Å². The van der Waals surface area contributed by atoms with Crippen LogP contribution in [0.3, 0.4) is 0 Å². The van der Waals surface area contributed by atoms with E-state index in [2.05, 4.69) is 65.9 Å². The average molecular weight is 339 g/mol. The van der Waals surface area contributed by atoms with Crippen LogP contribution in [0.5, 0.6) is 0 Å². The van der Waals surface area contributed by atoms with Crippen molar-refractivity contribution >= 4 is 15.9 Å². The van der Waals surface area contributed by atoms with Gasteiger partial charge in [0.2, 0.25) is 0 Å². The molecular formula is C17H27BrN2. The average Bonchev–Trinajstić information content (AvgIpc) is 3.22. The Morgan fingerprint density at radius 1 is 1.30 bits per heavy atom. The maximum absolute atomic E-state index is 6.17. The van der Waals surface area contributed by atoms with E-state index in [0.29, 0.717) is 12.6 Å². The summed E-state index contributed by atoms with van der Waals surface area (Å²) in [6, 6.07) is 9.18. The van der Waals surface area contributed by atoms with Crippen LogP contribution in [0.25, 0.3) is 0 Å². The summed E-state index contributed by atoms with van der Waals surface area (Å²) in [5.41, 5.74) is 7.58. The Morgan fingerprint density at radius 3 is 2.35 bits per heavy atom. The van der Waals surface area contributed by atoms with E-state index in [1.165, 1.54) is 24.9 Å². The number of hydrogen-bond donors (Lipinski definition) is 1. The van der Waals surface area contributed by atoms with E-state index in [0.717, 1.165) is 16.8 Å². The van der Waals surface area contributed by atoms with E-state index in [-0.39, 0.29) is 5.54 Å². The third-order valence-electron chi connectivity index (χ3n) is 4.41. The third-order valence-corrected chi connectivity index (χ3v) is 4.94. The predicted molar refractivity (Wildman–Crippen MR) is 89.9 cm³/mol. The highest BCUT2D eigenvalue weighted by molar-refractivity contribution is 9.10. The van der Waals surface area contributed by atoms with Gasteiger partial charge >= 0.3 is 0 Å². The summed E-state index contributed by atoms with van der Waals surface area (Å²) >= 11 is 3.50. The molecule has 1 atom stereocenters. The van der Waals surface area contributed by atoms with E-state index >= 15 is 0 Å². The van der Waals surface area contributed by atoms with Crippen LogP contribution in [0.4, 0.5) is 0 Å². The first-order valence-electron chi connectivity index (χ1n) is 7.66. The van der Waals surface area contributed by atoms with Crippen molar-refractivity contribution in [2.75, 3.05) is 13.1 Å². The van der Waals surface area contributed by atoms with E-state index in [9.17, 15) is 0 Å². The molecule has 0 aromatic heterocycles. The Balaban J connectivity index is 2.14. The van der Waals surface area contributed by atoms with Crippen LogP contribution in [0.2, 0.25) is 0 Å². The molecule has 1 aliphatic carbocycles. The minimum absolute atomic E-state index is 0.0462.